The molecule has 0 aliphatic heterocycles. The van der Waals surface area contributed by atoms with E-state index in [4.69, 9.17) is 9.15 Å². The summed E-state index contributed by atoms with van der Waals surface area (Å²) in [7, 11) is 1.49. The first-order valence-corrected chi connectivity index (χ1v) is 14.0. The topological polar surface area (TPSA) is 138 Å². The molecule has 0 unspecified atom stereocenters. The van der Waals surface area contributed by atoms with Gasteiger partial charge in [-0.2, -0.15) is 5.11 Å². The van der Waals surface area contributed by atoms with E-state index in [1.165, 1.54) is 14.0 Å². The Hall–Kier alpha value is -6.16. The number of hydrogen-bond donors (Lipinski definition) is 2. The summed E-state index contributed by atoms with van der Waals surface area (Å²) < 4.78 is 11.2. The number of azo groups is 2. The molecular formula is C35H27N5O5. The monoisotopic (exact) mass is 597 g/mol. The van der Waals surface area contributed by atoms with E-state index in [0.29, 0.717) is 50.7 Å². The quantitative estimate of drug-likeness (QED) is 0.139. The Balaban J connectivity index is 1.33. The van der Waals surface area contributed by atoms with Crippen LogP contribution in [0.3, 0.4) is 0 Å². The van der Waals surface area contributed by atoms with Crippen LogP contribution in [0.1, 0.15) is 12.5 Å². The fourth-order valence-electron chi connectivity index (χ4n) is 4.84. The molecule has 1 aromatic heterocycles. The van der Waals surface area contributed by atoms with Crippen LogP contribution in [-0.2, 0) is 4.79 Å². The minimum atomic E-state index is -0.455. The summed E-state index contributed by atoms with van der Waals surface area (Å²) >= 11 is 0. The maximum Gasteiger partial charge on any atom is 0.344 e. The van der Waals surface area contributed by atoms with Crippen LogP contribution in [0.5, 0.6) is 11.5 Å². The molecule has 0 spiro atoms. The Bertz CT molecular complexity index is 2200. The van der Waals surface area contributed by atoms with Crippen LogP contribution in [0.2, 0.25) is 0 Å². The number of hydrogen-bond acceptors (Lipinski definition) is 9. The number of fused-ring (bicyclic) bond motifs is 2. The highest BCUT2D eigenvalue weighted by molar-refractivity contribution is 5.96. The maximum atomic E-state index is 12.8. The Morgan fingerprint density at radius 2 is 1.53 bits per heavy atom. The van der Waals surface area contributed by atoms with Gasteiger partial charge in [0, 0.05) is 35.2 Å². The van der Waals surface area contributed by atoms with Crippen molar-refractivity contribution < 1.29 is 19.1 Å². The minimum Gasteiger partial charge on any atom is -0.507 e. The second-order valence-corrected chi connectivity index (χ2v) is 10.3. The normalized spacial score (nSPS) is 11.5. The predicted molar refractivity (Wildman–Crippen MR) is 174 cm³/mol. The lowest BCUT2D eigenvalue weighted by Gasteiger charge is -2.11. The molecule has 0 saturated heterocycles. The number of phenolic OH excluding ortho intramolecular Hbond substituents is 1. The molecule has 0 fully saturated rings. The number of rotatable bonds is 7. The second kappa shape index (κ2) is 12.2. The third kappa shape index (κ3) is 6.16. The number of carbonyl (C=O) groups excluding carboxylic acids is 1. The first kappa shape index (κ1) is 28.9. The number of nitrogens with zero attached hydrogens (tertiary/aromatic N) is 4. The van der Waals surface area contributed by atoms with Gasteiger partial charge in [0.25, 0.3) is 0 Å². The molecular weight excluding hydrogens is 570 g/mol. The van der Waals surface area contributed by atoms with Crippen molar-refractivity contribution in [3.8, 4) is 22.6 Å². The molecule has 0 atom stereocenters. The van der Waals surface area contributed by atoms with E-state index in [2.05, 4.69) is 25.8 Å². The average Bonchev–Trinajstić information content (AvgIpc) is 3.04. The number of aromatic hydroxyl groups is 1. The molecule has 222 valence electrons. The van der Waals surface area contributed by atoms with E-state index < -0.39 is 5.63 Å². The molecule has 0 saturated carbocycles. The third-order valence-electron chi connectivity index (χ3n) is 7.11. The van der Waals surface area contributed by atoms with Gasteiger partial charge in [0.05, 0.1) is 29.7 Å². The molecule has 6 rings (SSSR count). The van der Waals surface area contributed by atoms with Crippen LogP contribution in [0.15, 0.2) is 127 Å². The highest BCUT2D eigenvalue weighted by Gasteiger charge is 2.14. The van der Waals surface area contributed by atoms with Gasteiger partial charge in [-0.05, 0) is 48.9 Å². The van der Waals surface area contributed by atoms with Crippen LogP contribution in [0.4, 0.5) is 28.4 Å². The third-order valence-corrected chi connectivity index (χ3v) is 7.11. The Labute approximate surface area is 257 Å². The van der Waals surface area contributed by atoms with E-state index in [-0.39, 0.29) is 11.7 Å². The molecule has 1 heterocycles. The lowest BCUT2D eigenvalue weighted by molar-refractivity contribution is -0.114. The highest BCUT2D eigenvalue weighted by Crippen LogP contribution is 2.41. The van der Waals surface area contributed by atoms with Gasteiger partial charge in [-0.1, -0.05) is 54.1 Å². The standard InChI is InChI=1S/C35H27N5O5/c1-20-8-10-22(11-9-20)27-16-23-12-13-24(17-33(23)45-35(27)43)37-39-30-19-34(44-3)31(18-29(30)36-21(2)41)40-38-28-14-15-32(42)26-7-5-4-6-25(26)28/h4-19,42H,1-3H3,(H,36,41). The van der Waals surface area contributed by atoms with Gasteiger partial charge in [0.15, 0.2) is 0 Å². The molecule has 10 nitrogen and oxygen atoms in total. The molecule has 10 heteroatoms. The van der Waals surface area contributed by atoms with E-state index in [0.717, 1.165) is 21.9 Å². The van der Waals surface area contributed by atoms with Crippen LogP contribution < -0.4 is 15.7 Å². The van der Waals surface area contributed by atoms with Crippen molar-refractivity contribution in [2.75, 3.05) is 12.4 Å². The van der Waals surface area contributed by atoms with Crippen LogP contribution in [-0.4, -0.2) is 18.1 Å². The van der Waals surface area contributed by atoms with Crippen LogP contribution in [0, 0.1) is 6.92 Å². The Kier molecular flexibility index (Phi) is 7.85. The predicted octanol–water partition coefficient (Wildman–Crippen LogP) is 9.43. The average molecular weight is 598 g/mol. The lowest BCUT2D eigenvalue weighted by Crippen LogP contribution is -2.05. The molecule has 0 aliphatic carbocycles. The number of aryl methyl sites for hydroxylation is 1. The zero-order valence-corrected chi connectivity index (χ0v) is 24.6. The van der Waals surface area contributed by atoms with E-state index in [1.807, 2.05) is 49.4 Å². The fraction of sp³-hybridized carbons (Fsp3) is 0.0857. The summed E-state index contributed by atoms with van der Waals surface area (Å²) in [6, 6.07) is 28.4. The van der Waals surface area contributed by atoms with Crippen molar-refractivity contribution in [3.63, 3.8) is 0 Å². The minimum absolute atomic E-state index is 0.144. The maximum absolute atomic E-state index is 12.8. The van der Waals surface area contributed by atoms with Gasteiger partial charge in [0.1, 0.15) is 28.5 Å². The van der Waals surface area contributed by atoms with Crippen molar-refractivity contribution in [1.82, 2.24) is 0 Å². The number of nitrogens with one attached hydrogen (secondary N) is 1. The highest BCUT2D eigenvalue weighted by atomic mass is 16.5. The number of methoxy groups -OCH3 is 1. The SMILES string of the molecule is COc1cc(N=Nc2ccc3cc(-c4ccc(C)cc4)c(=O)oc3c2)c(NC(C)=O)cc1N=Nc1ccc(O)c2ccccc12. The second-order valence-electron chi connectivity index (χ2n) is 10.3. The number of carbonyl (C=O) groups is 1. The molecule has 5 aromatic carbocycles. The van der Waals surface area contributed by atoms with Crippen molar-refractivity contribution >= 4 is 56.1 Å². The molecule has 6 aromatic rings. The summed E-state index contributed by atoms with van der Waals surface area (Å²) in [6.07, 6.45) is 0. The Morgan fingerprint density at radius 1 is 0.800 bits per heavy atom. The van der Waals surface area contributed by atoms with Gasteiger partial charge in [-0.3, -0.25) is 4.79 Å². The number of amides is 1. The van der Waals surface area contributed by atoms with Gasteiger partial charge < -0.3 is 19.6 Å². The molecule has 2 N–H and O–H groups in total. The molecule has 0 bridgehead atoms. The number of anilines is 1. The summed E-state index contributed by atoms with van der Waals surface area (Å²) in [5, 5.41) is 32.5. The van der Waals surface area contributed by atoms with Crippen molar-refractivity contribution in [1.29, 1.82) is 0 Å². The smallest absolute Gasteiger partial charge is 0.344 e. The molecule has 45 heavy (non-hydrogen) atoms. The molecule has 0 radical (unpaired) electrons. The largest absolute Gasteiger partial charge is 0.507 e. The van der Waals surface area contributed by atoms with Gasteiger partial charge in [-0.25, -0.2) is 4.79 Å². The van der Waals surface area contributed by atoms with Crippen molar-refractivity contribution in [2.45, 2.75) is 13.8 Å². The summed E-state index contributed by atoms with van der Waals surface area (Å²) in [4.78, 5) is 24.8. The molecule has 1 amide bonds. The zero-order chi connectivity index (χ0) is 31.5. The van der Waals surface area contributed by atoms with Gasteiger partial charge in [0.2, 0.25) is 5.91 Å². The van der Waals surface area contributed by atoms with E-state index in [1.54, 1.807) is 54.6 Å². The van der Waals surface area contributed by atoms with E-state index in [9.17, 15) is 14.7 Å². The lowest BCUT2D eigenvalue weighted by atomic mass is 10.0. The fourth-order valence-corrected chi connectivity index (χ4v) is 4.84. The number of benzene rings is 5. The summed E-state index contributed by atoms with van der Waals surface area (Å²) in [5.74, 6) is 0.171. The molecule has 0 aliphatic rings. The van der Waals surface area contributed by atoms with Crippen molar-refractivity contribution in [3.05, 3.63) is 113 Å². The first-order chi connectivity index (χ1) is 21.8. The first-order valence-electron chi connectivity index (χ1n) is 14.0. The Morgan fingerprint density at radius 3 is 2.29 bits per heavy atom. The number of ether oxygens (including phenoxy) is 1. The van der Waals surface area contributed by atoms with Gasteiger partial charge >= 0.3 is 5.63 Å². The van der Waals surface area contributed by atoms with E-state index >= 15 is 0 Å². The van der Waals surface area contributed by atoms with Crippen LogP contribution >= 0.6 is 0 Å². The van der Waals surface area contributed by atoms with Crippen molar-refractivity contribution in [2.24, 2.45) is 20.5 Å². The van der Waals surface area contributed by atoms with Crippen LogP contribution in [0.25, 0.3) is 32.9 Å². The summed E-state index contributed by atoms with van der Waals surface area (Å²) in [5.41, 5.74) is 4.23. The number of phenols is 1. The van der Waals surface area contributed by atoms with Gasteiger partial charge in [-0.15, -0.1) is 15.3 Å². The zero-order valence-electron chi connectivity index (χ0n) is 24.6. The summed E-state index contributed by atoms with van der Waals surface area (Å²) in [6.45, 7) is 3.36.